The number of anilines is 1. The van der Waals surface area contributed by atoms with E-state index >= 15 is 0 Å². The first-order valence-corrected chi connectivity index (χ1v) is 7.37. The van der Waals surface area contributed by atoms with E-state index in [1.165, 1.54) is 6.07 Å². The van der Waals surface area contributed by atoms with Crippen molar-refractivity contribution in [3.63, 3.8) is 0 Å². The second kappa shape index (κ2) is 6.48. The lowest BCUT2D eigenvalue weighted by atomic mass is 10.1. The summed E-state index contributed by atoms with van der Waals surface area (Å²) in [5.74, 6) is -0.647. The lowest BCUT2D eigenvalue weighted by Crippen LogP contribution is -2.32. The van der Waals surface area contributed by atoms with Crippen LogP contribution < -0.4 is 10.2 Å². The number of carbonyl (C=O) groups excluding carboxylic acids is 1. The molecule has 1 aliphatic heterocycles. The molecule has 1 unspecified atom stereocenters. The molecule has 1 fully saturated rings. The largest absolute Gasteiger partial charge is 0.368 e. The molecule has 2 heterocycles. The summed E-state index contributed by atoms with van der Waals surface area (Å²) < 4.78 is 14.0. The lowest BCUT2D eigenvalue weighted by Gasteiger charge is -2.19. The highest BCUT2D eigenvalue weighted by Crippen LogP contribution is 2.27. The number of nitrogens with one attached hydrogen (secondary N) is 2. The minimum absolute atomic E-state index is 0.0452. The highest BCUT2D eigenvalue weighted by molar-refractivity contribution is 5.80. The van der Waals surface area contributed by atoms with Crippen molar-refractivity contribution in [2.24, 2.45) is 5.92 Å². The van der Waals surface area contributed by atoms with E-state index in [0.29, 0.717) is 37.3 Å². The maximum absolute atomic E-state index is 14.0. The summed E-state index contributed by atoms with van der Waals surface area (Å²) >= 11 is 0. The molecule has 0 saturated carbocycles. The Hall–Kier alpha value is -2.88. The average molecular weight is 313 g/mol. The Labute approximate surface area is 132 Å². The number of nitrogens with zero attached hydrogens (tertiary/aromatic N) is 3. The normalized spacial score (nSPS) is 17.0. The number of rotatable bonds is 4. The van der Waals surface area contributed by atoms with Crippen LogP contribution in [0.2, 0.25) is 0 Å². The Kier molecular flexibility index (Phi) is 4.24. The molecule has 3 rings (SSSR count). The number of aromatic nitrogens is 2. The van der Waals surface area contributed by atoms with Gasteiger partial charge < -0.3 is 15.2 Å². The van der Waals surface area contributed by atoms with Crippen molar-refractivity contribution < 1.29 is 9.18 Å². The molecule has 1 aromatic heterocycles. The summed E-state index contributed by atoms with van der Waals surface area (Å²) in [6, 6.07) is 6.32. The number of aromatic amines is 1. The second-order valence-corrected chi connectivity index (χ2v) is 5.50. The fourth-order valence-corrected chi connectivity index (χ4v) is 2.73. The quantitative estimate of drug-likeness (QED) is 0.897. The van der Waals surface area contributed by atoms with Gasteiger partial charge in [0.05, 0.1) is 41.8 Å². The Morgan fingerprint density at radius 2 is 2.43 bits per heavy atom. The van der Waals surface area contributed by atoms with Crippen LogP contribution in [0.5, 0.6) is 0 Å². The lowest BCUT2D eigenvalue weighted by molar-refractivity contribution is -0.124. The summed E-state index contributed by atoms with van der Waals surface area (Å²) in [5, 5.41) is 11.6. The number of nitriles is 1. The molecule has 6 nitrogen and oxygen atoms in total. The van der Waals surface area contributed by atoms with Gasteiger partial charge in [0, 0.05) is 19.3 Å². The van der Waals surface area contributed by atoms with Crippen molar-refractivity contribution in [2.45, 2.75) is 13.0 Å². The van der Waals surface area contributed by atoms with Crippen LogP contribution in [0.4, 0.5) is 10.1 Å². The Morgan fingerprint density at radius 1 is 1.57 bits per heavy atom. The molecule has 0 radical (unpaired) electrons. The summed E-state index contributed by atoms with van der Waals surface area (Å²) in [6.45, 7) is 1.49. The van der Waals surface area contributed by atoms with E-state index in [9.17, 15) is 9.18 Å². The second-order valence-electron chi connectivity index (χ2n) is 5.50. The van der Waals surface area contributed by atoms with Crippen LogP contribution in [0.1, 0.15) is 17.7 Å². The molecule has 1 saturated heterocycles. The molecule has 1 atom stereocenters. The first-order chi connectivity index (χ1) is 11.2. The molecule has 118 valence electrons. The average Bonchev–Trinajstić information content (AvgIpc) is 3.24. The Morgan fingerprint density at radius 3 is 3.13 bits per heavy atom. The molecule has 1 aliphatic rings. The highest BCUT2D eigenvalue weighted by atomic mass is 19.1. The standard InChI is InChI=1S/C16H16FN5O/c17-14-5-11(6-18)1-2-15(14)22-4-3-12(9-22)16(23)20-8-13-7-19-10-21-13/h1-2,5,7,10,12H,3-4,8-9H2,(H,19,21)(H,20,23). The van der Waals surface area contributed by atoms with Gasteiger partial charge >= 0.3 is 0 Å². The first-order valence-electron chi connectivity index (χ1n) is 7.37. The van der Waals surface area contributed by atoms with Crippen LogP contribution in [0.15, 0.2) is 30.7 Å². The minimum atomic E-state index is -0.428. The van der Waals surface area contributed by atoms with E-state index in [0.717, 1.165) is 5.69 Å². The van der Waals surface area contributed by atoms with Gasteiger partial charge in [0.25, 0.3) is 0 Å². The number of H-pyrrole nitrogens is 1. The van der Waals surface area contributed by atoms with E-state index in [1.807, 2.05) is 11.0 Å². The van der Waals surface area contributed by atoms with Crippen molar-refractivity contribution in [3.05, 3.63) is 47.8 Å². The number of imidazole rings is 1. The number of benzene rings is 1. The Balaban J connectivity index is 1.59. The van der Waals surface area contributed by atoms with E-state index < -0.39 is 5.82 Å². The van der Waals surface area contributed by atoms with Crippen LogP contribution in [-0.2, 0) is 11.3 Å². The van der Waals surface area contributed by atoms with Gasteiger partial charge in [-0.05, 0) is 24.6 Å². The molecule has 23 heavy (non-hydrogen) atoms. The molecule has 2 N–H and O–H groups in total. The highest BCUT2D eigenvalue weighted by Gasteiger charge is 2.29. The predicted molar refractivity (Wildman–Crippen MR) is 81.9 cm³/mol. The van der Waals surface area contributed by atoms with E-state index in [1.54, 1.807) is 24.7 Å². The SMILES string of the molecule is N#Cc1ccc(N2CCC(C(=O)NCc3cnc[nH]3)C2)c(F)c1. The molecule has 2 aromatic rings. The number of hydrogen-bond acceptors (Lipinski definition) is 4. The molecule has 0 spiro atoms. The minimum Gasteiger partial charge on any atom is -0.368 e. The molecule has 0 bridgehead atoms. The molecule has 1 amide bonds. The van der Waals surface area contributed by atoms with Gasteiger partial charge in [0.15, 0.2) is 0 Å². The summed E-state index contributed by atoms with van der Waals surface area (Å²) in [7, 11) is 0. The van der Waals surface area contributed by atoms with Gasteiger partial charge in [-0.3, -0.25) is 4.79 Å². The summed E-state index contributed by atoms with van der Waals surface area (Å²) in [4.78, 5) is 20.9. The monoisotopic (exact) mass is 313 g/mol. The zero-order valence-corrected chi connectivity index (χ0v) is 12.4. The predicted octanol–water partition coefficient (Wildman–Crippen LogP) is 1.56. The topological polar surface area (TPSA) is 84.8 Å². The molecule has 1 aromatic carbocycles. The van der Waals surface area contributed by atoms with Gasteiger partial charge in [-0.1, -0.05) is 0 Å². The van der Waals surface area contributed by atoms with Crippen molar-refractivity contribution in [2.75, 3.05) is 18.0 Å². The first kappa shape index (κ1) is 15.0. The molecule has 7 heteroatoms. The fourth-order valence-electron chi connectivity index (χ4n) is 2.73. The summed E-state index contributed by atoms with van der Waals surface area (Å²) in [5.41, 5.74) is 1.57. The van der Waals surface area contributed by atoms with Gasteiger partial charge in [-0.25, -0.2) is 9.37 Å². The fraction of sp³-hybridized carbons (Fsp3) is 0.312. The van der Waals surface area contributed by atoms with Crippen molar-refractivity contribution in [3.8, 4) is 6.07 Å². The number of carbonyl (C=O) groups is 1. The van der Waals surface area contributed by atoms with Crippen LogP contribution in [0, 0.1) is 23.1 Å². The third kappa shape index (κ3) is 3.31. The maximum atomic E-state index is 14.0. The van der Waals surface area contributed by atoms with Gasteiger partial charge in [0.2, 0.25) is 5.91 Å². The number of halogens is 1. The third-order valence-corrected chi connectivity index (χ3v) is 3.98. The number of amides is 1. The van der Waals surface area contributed by atoms with Gasteiger partial charge in [-0.15, -0.1) is 0 Å². The van der Waals surface area contributed by atoms with Gasteiger partial charge in [-0.2, -0.15) is 5.26 Å². The molecular weight excluding hydrogens is 297 g/mol. The third-order valence-electron chi connectivity index (χ3n) is 3.98. The Bertz CT molecular complexity index is 737. The van der Waals surface area contributed by atoms with Crippen LogP contribution >= 0.6 is 0 Å². The molecule has 0 aliphatic carbocycles. The maximum Gasteiger partial charge on any atom is 0.225 e. The van der Waals surface area contributed by atoms with E-state index in [4.69, 9.17) is 5.26 Å². The van der Waals surface area contributed by atoms with Crippen molar-refractivity contribution >= 4 is 11.6 Å². The van der Waals surface area contributed by atoms with Crippen LogP contribution in [0.3, 0.4) is 0 Å². The van der Waals surface area contributed by atoms with Crippen LogP contribution in [-0.4, -0.2) is 29.0 Å². The van der Waals surface area contributed by atoms with E-state index in [2.05, 4.69) is 15.3 Å². The summed E-state index contributed by atoms with van der Waals surface area (Å²) in [6.07, 6.45) is 3.90. The zero-order chi connectivity index (χ0) is 16.2. The zero-order valence-electron chi connectivity index (χ0n) is 12.4. The number of hydrogen-bond donors (Lipinski definition) is 2. The van der Waals surface area contributed by atoms with Crippen molar-refractivity contribution in [1.29, 1.82) is 5.26 Å². The van der Waals surface area contributed by atoms with Crippen LogP contribution in [0.25, 0.3) is 0 Å². The molecular formula is C16H16FN5O. The smallest absolute Gasteiger partial charge is 0.225 e. The van der Waals surface area contributed by atoms with E-state index in [-0.39, 0.29) is 11.8 Å². The van der Waals surface area contributed by atoms with Gasteiger partial charge in [0.1, 0.15) is 5.82 Å². The van der Waals surface area contributed by atoms with Crippen molar-refractivity contribution in [1.82, 2.24) is 15.3 Å².